The molecule has 2 saturated carbocycles. The second-order valence-corrected chi connectivity index (χ2v) is 9.65. The molecule has 1 radical (unpaired) electrons. The van der Waals surface area contributed by atoms with Crippen molar-refractivity contribution in [2.75, 3.05) is 10.8 Å². The molecule has 4 N–H and O–H groups in total. The number of benzene rings is 1. The van der Waals surface area contributed by atoms with E-state index in [4.69, 9.17) is 5.73 Å². The Labute approximate surface area is 168 Å². The highest BCUT2D eigenvalue weighted by molar-refractivity contribution is 7.87. The lowest BCUT2D eigenvalue weighted by Gasteiger charge is -2.39. The van der Waals surface area contributed by atoms with Gasteiger partial charge in [-0.15, -0.1) is 0 Å². The lowest BCUT2D eigenvalue weighted by atomic mass is 9.69. The molecule has 0 heterocycles. The van der Waals surface area contributed by atoms with Crippen LogP contribution in [0.15, 0.2) is 18.2 Å². The molecule has 157 valence electrons. The predicted octanol–water partition coefficient (Wildman–Crippen LogP) is 1.14. The zero-order valence-corrected chi connectivity index (χ0v) is 16.9. The molecule has 2 aliphatic rings. The lowest BCUT2D eigenvalue weighted by molar-refractivity contribution is -0.142. The van der Waals surface area contributed by atoms with E-state index in [0.717, 1.165) is 6.42 Å². The highest BCUT2D eigenvalue weighted by Gasteiger charge is 2.65. The van der Waals surface area contributed by atoms with E-state index in [1.54, 1.807) is 0 Å². The smallest absolute Gasteiger partial charge is 0.360 e. The number of primary amides is 1. The summed E-state index contributed by atoms with van der Waals surface area (Å²) in [5.41, 5.74) is 3.42. The van der Waals surface area contributed by atoms with Crippen LogP contribution in [0.3, 0.4) is 0 Å². The maximum Gasteiger partial charge on any atom is 0.360 e. The first-order valence-corrected chi connectivity index (χ1v) is 10.5. The SMILES string of the molecule is CC1(C)C2CCC1(CN(c1[c]c(C(C(N)=O)C(=O)O)ccc1)S(=O)(=O)O)C(=O)C2. The van der Waals surface area contributed by atoms with E-state index in [9.17, 15) is 32.5 Å². The summed E-state index contributed by atoms with van der Waals surface area (Å²) in [7, 11) is -4.81. The molecule has 0 spiro atoms. The molecule has 2 fully saturated rings. The first kappa shape index (κ1) is 21.3. The standard InChI is InChI=1S/C19H23N2O7S/c1-18(2)12-6-7-19(18,14(22)9-12)10-21(29(26,27)28)13-5-3-4-11(8-13)15(16(20)23)17(24)25/h3-5,12,15H,6-7,9-10H2,1-2H3,(H2,20,23)(H,24,25)(H,26,27,28). The third-order valence-electron chi connectivity index (χ3n) is 6.74. The van der Waals surface area contributed by atoms with Crippen LogP contribution in [0.2, 0.25) is 0 Å². The van der Waals surface area contributed by atoms with E-state index in [0.29, 0.717) is 17.1 Å². The van der Waals surface area contributed by atoms with Crippen molar-refractivity contribution >= 4 is 33.7 Å². The average molecular weight is 423 g/mol. The third-order valence-corrected chi connectivity index (χ3v) is 7.63. The van der Waals surface area contributed by atoms with Crippen molar-refractivity contribution < 1.29 is 32.5 Å². The normalized spacial score (nSPS) is 26.3. The number of ketones is 1. The second-order valence-electron chi connectivity index (χ2n) is 8.32. The number of hydrogen-bond acceptors (Lipinski definition) is 5. The molecule has 2 aliphatic carbocycles. The Morgan fingerprint density at radius 1 is 1.38 bits per heavy atom. The van der Waals surface area contributed by atoms with Crippen LogP contribution in [0.5, 0.6) is 0 Å². The Morgan fingerprint density at radius 2 is 2.03 bits per heavy atom. The summed E-state index contributed by atoms with van der Waals surface area (Å²) in [6, 6.07) is 6.51. The minimum Gasteiger partial charge on any atom is -0.480 e. The first-order valence-electron chi connectivity index (χ1n) is 9.14. The molecule has 3 atom stereocenters. The molecular weight excluding hydrogens is 400 g/mol. The number of rotatable bonds is 7. The Kier molecular flexibility index (Phi) is 4.99. The fourth-order valence-corrected chi connectivity index (χ4v) is 5.61. The zero-order chi connectivity index (χ0) is 21.8. The van der Waals surface area contributed by atoms with Gasteiger partial charge in [0.1, 0.15) is 5.78 Å². The van der Waals surface area contributed by atoms with E-state index < -0.39 is 38.9 Å². The van der Waals surface area contributed by atoms with Gasteiger partial charge in [-0.25, -0.2) is 4.31 Å². The van der Waals surface area contributed by atoms with Crippen molar-refractivity contribution in [2.24, 2.45) is 22.5 Å². The molecule has 10 heteroatoms. The van der Waals surface area contributed by atoms with Crippen LogP contribution in [0.1, 0.15) is 44.6 Å². The van der Waals surface area contributed by atoms with Crippen LogP contribution in [0.4, 0.5) is 5.69 Å². The maximum absolute atomic E-state index is 12.8. The van der Waals surface area contributed by atoms with Gasteiger partial charge in [0.05, 0.1) is 11.1 Å². The summed E-state index contributed by atoms with van der Waals surface area (Å²) in [4.78, 5) is 35.7. The van der Waals surface area contributed by atoms with Crippen LogP contribution in [-0.4, -0.2) is 42.3 Å². The maximum atomic E-state index is 12.8. The number of aliphatic carboxylic acids is 1. The Bertz CT molecular complexity index is 974. The molecule has 1 aromatic rings. The van der Waals surface area contributed by atoms with Crippen molar-refractivity contribution in [1.82, 2.24) is 0 Å². The number of amides is 1. The fourth-order valence-electron chi connectivity index (χ4n) is 4.87. The van der Waals surface area contributed by atoms with Crippen molar-refractivity contribution in [3.05, 3.63) is 29.8 Å². The summed E-state index contributed by atoms with van der Waals surface area (Å²) >= 11 is 0. The summed E-state index contributed by atoms with van der Waals surface area (Å²) in [6.07, 6.45) is 1.64. The number of fused-ring (bicyclic) bond motifs is 2. The molecule has 3 rings (SSSR count). The van der Waals surface area contributed by atoms with E-state index in [1.807, 2.05) is 13.8 Å². The van der Waals surface area contributed by atoms with E-state index >= 15 is 0 Å². The van der Waals surface area contributed by atoms with Crippen molar-refractivity contribution in [2.45, 2.75) is 39.0 Å². The van der Waals surface area contributed by atoms with Gasteiger partial charge in [0, 0.05) is 19.0 Å². The third kappa shape index (κ3) is 3.29. The molecule has 1 amide bonds. The summed E-state index contributed by atoms with van der Waals surface area (Å²) in [6.45, 7) is 3.55. The Hall–Kier alpha value is -2.46. The minimum absolute atomic E-state index is 0.0518. The Balaban J connectivity index is 2.06. The molecule has 3 unspecified atom stereocenters. The van der Waals surface area contributed by atoms with Gasteiger partial charge in [0.25, 0.3) is 0 Å². The number of anilines is 1. The quantitative estimate of drug-likeness (QED) is 0.439. The van der Waals surface area contributed by atoms with Gasteiger partial charge in [0.2, 0.25) is 5.91 Å². The molecule has 29 heavy (non-hydrogen) atoms. The van der Waals surface area contributed by atoms with Crippen LogP contribution < -0.4 is 10.0 Å². The number of carboxylic acid groups (broad SMARTS) is 1. The van der Waals surface area contributed by atoms with Crippen LogP contribution in [0, 0.1) is 22.8 Å². The summed E-state index contributed by atoms with van der Waals surface area (Å²) in [5, 5.41) is 9.26. The largest absolute Gasteiger partial charge is 0.480 e. The van der Waals surface area contributed by atoms with Gasteiger partial charge < -0.3 is 10.8 Å². The Morgan fingerprint density at radius 3 is 2.48 bits per heavy atom. The molecule has 0 aromatic heterocycles. The van der Waals surface area contributed by atoms with Crippen LogP contribution >= 0.6 is 0 Å². The topological polar surface area (TPSA) is 155 Å². The van der Waals surface area contributed by atoms with Gasteiger partial charge in [-0.1, -0.05) is 26.0 Å². The monoisotopic (exact) mass is 423 g/mol. The van der Waals surface area contributed by atoms with Crippen molar-refractivity contribution in [3.63, 3.8) is 0 Å². The highest BCUT2D eigenvalue weighted by Crippen LogP contribution is 2.64. The molecule has 1 aromatic carbocycles. The zero-order valence-electron chi connectivity index (χ0n) is 16.1. The first-order chi connectivity index (χ1) is 13.3. The number of nitrogens with zero attached hydrogens (tertiary/aromatic N) is 1. The molecule has 9 nitrogen and oxygen atoms in total. The highest BCUT2D eigenvalue weighted by atomic mass is 32.2. The summed E-state index contributed by atoms with van der Waals surface area (Å²) in [5.74, 6) is -4.28. The number of Topliss-reactive ketones (excluding diaryl/α,β-unsaturated/α-hetero) is 1. The predicted molar refractivity (Wildman–Crippen MR) is 102 cm³/mol. The van der Waals surface area contributed by atoms with Crippen LogP contribution in [0.25, 0.3) is 0 Å². The van der Waals surface area contributed by atoms with Gasteiger partial charge in [-0.3, -0.25) is 18.9 Å². The van der Waals surface area contributed by atoms with E-state index in [1.165, 1.54) is 18.2 Å². The average Bonchev–Trinajstić information content (AvgIpc) is 2.93. The lowest BCUT2D eigenvalue weighted by Crippen LogP contribution is -2.48. The summed E-state index contributed by atoms with van der Waals surface area (Å²) < 4.78 is 34.9. The number of nitrogens with two attached hydrogens (primary N) is 1. The van der Waals surface area contributed by atoms with Crippen molar-refractivity contribution in [1.29, 1.82) is 0 Å². The van der Waals surface area contributed by atoms with Crippen molar-refractivity contribution in [3.8, 4) is 0 Å². The van der Waals surface area contributed by atoms with E-state index in [-0.39, 0.29) is 29.5 Å². The van der Waals surface area contributed by atoms with Gasteiger partial charge >= 0.3 is 16.3 Å². The van der Waals surface area contributed by atoms with Gasteiger partial charge in [-0.2, -0.15) is 8.42 Å². The molecule has 2 bridgehead atoms. The second kappa shape index (κ2) is 6.81. The molecular formula is C19H23N2O7S. The van der Waals surface area contributed by atoms with Gasteiger partial charge in [-0.05, 0) is 35.8 Å². The molecule has 0 saturated heterocycles. The number of carboxylic acids is 1. The number of carbonyl (C=O) groups excluding carboxylic acids is 2. The minimum atomic E-state index is -4.81. The number of hydrogen-bond donors (Lipinski definition) is 3. The van der Waals surface area contributed by atoms with Crippen LogP contribution in [-0.2, 0) is 24.7 Å². The fraction of sp³-hybridized carbons (Fsp3) is 0.526. The molecule has 0 aliphatic heterocycles. The van der Waals surface area contributed by atoms with E-state index in [2.05, 4.69) is 6.07 Å². The van der Waals surface area contributed by atoms with Gasteiger partial charge in [0.15, 0.2) is 5.92 Å². The number of carbonyl (C=O) groups is 3.